The Hall–Kier alpha value is -0.0800. The quantitative estimate of drug-likeness (QED) is 0.649. The Morgan fingerprint density at radius 2 is 1.82 bits per heavy atom. The van der Waals surface area contributed by atoms with Gasteiger partial charge in [0.05, 0.1) is 12.2 Å². The van der Waals surface area contributed by atoms with Gasteiger partial charge in [0.1, 0.15) is 0 Å². The van der Waals surface area contributed by atoms with Crippen molar-refractivity contribution in [1.29, 1.82) is 0 Å². The summed E-state index contributed by atoms with van der Waals surface area (Å²) in [5.41, 5.74) is 0. The molecule has 0 bridgehead atoms. The third kappa shape index (κ3) is 1.94. The maximum Gasteiger partial charge on any atom is 0.0715 e. The molecule has 2 rings (SSSR count). The smallest absolute Gasteiger partial charge is 0.0715 e. The summed E-state index contributed by atoms with van der Waals surface area (Å²) in [6, 6.07) is 0. The Morgan fingerprint density at radius 1 is 1.00 bits per heavy atom. The van der Waals surface area contributed by atoms with Crippen LogP contribution in [0, 0.1) is 0 Å². The van der Waals surface area contributed by atoms with Crippen molar-refractivity contribution in [3.8, 4) is 0 Å². The van der Waals surface area contributed by atoms with Gasteiger partial charge in [-0.05, 0) is 25.8 Å². The second kappa shape index (κ2) is 3.55. The summed E-state index contributed by atoms with van der Waals surface area (Å²) < 4.78 is 5.91. The van der Waals surface area contributed by atoms with E-state index in [0.717, 1.165) is 13.1 Å². The minimum absolute atomic E-state index is 0.526. The third-order valence-corrected chi connectivity index (χ3v) is 2.70. The molecule has 2 aliphatic rings. The van der Waals surface area contributed by atoms with Gasteiger partial charge < -0.3 is 10.1 Å². The molecule has 0 aromatic heterocycles. The van der Waals surface area contributed by atoms with Crippen molar-refractivity contribution >= 4 is 0 Å². The average Bonchev–Trinajstić information content (AvgIpc) is 2.60. The highest BCUT2D eigenvalue weighted by Crippen LogP contribution is 2.23. The second-order valence-corrected chi connectivity index (χ2v) is 3.66. The molecule has 1 aliphatic carbocycles. The van der Waals surface area contributed by atoms with Crippen LogP contribution in [0.15, 0.2) is 0 Å². The Balaban J connectivity index is 1.71. The maximum absolute atomic E-state index is 5.91. The van der Waals surface area contributed by atoms with Crippen molar-refractivity contribution in [3.05, 3.63) is 0 Å². The van der Waals surface area contributed by atoms with Crippen molar-refractivity contribution in [2.75, 3.05) is 13.1 Å². The van der Waals surface area contributed by atoms with Gasteiger partial charge >= 0.3 is 0 Å². The molecule has 1 N–H and O–H groups in total. The lowest BCUT2D eigenvalue weighted by molar-refractivity contribution is 0.00345. The van der Waals surface area contributed by atoms with Crippen LogP contribution >= 0.6 is 0 Å². The highest BCUT2D eigenvalue weighted by Gasteiger charge is 2.22. The lowest BCUT2D eigenvalue weighted by Crippen LogP contribution is -2.22. The molecule has 0 amide bonds. The van der Waals surface area contributed by atoms with E-state index < -0.39 is 0 Å². The molecule has 2 fully saturated rings. The van der Waals surface area contributed by atoms with Crippen LogP contribution in [-0.4, -0.2) is 25.3 Å². The average molecular weight is 155 g/mol. The fraction of sp³-hybridized carbons (Fsp3) is 1.00. The molecular weight excluding hydrogens is 138 g/mol. The molecule has 1 saturated heterocycles. The van der Waals surface area contributed by atoms with Gasteiger partial charge in [0.2, 0.25) is 0 Å². The third-order valence-electron chi connectivity index (χ3n) is 2.70. The molecule has 11 heavy (non-hydrogen) atoms. The van der Waals surface area contributed by atoms with Crippen molar-refractivity contribution < 1.29 is 4.74 Å². The Labute approximate surface area is 68.3 Å². The molecule has 1 atom stereocenters. The maximum atomic E-state index is 5.91. The van der Waals surface area contributed by atoms with Gasteiger partial charge in [-0.15, -0.1) is 0 Å². The van der Waals surface area contributed by atoms with E-state index in [4.69, 9.17) is 4.74 Å². The predicted molar refractivity (Wildman–Crippen MR) is 44.6 cm³/mol. The minimum atomic E-state index is 0.526. The van der Waals surface area contributed by atoms with Crippen LogP contribution in [0.25, 0.3) is 0 Å². The number of rotatable bonds is 2. The molecule has 2 heteroatoms. The van der Waals surface area contributed by atoms with Gasteiger partial charge in [-0.1, -0.05) is 12.8 Å². The molecule has 64 valence electrons. The van der Waals surface area contributed by atoms with E-state index in [-0.39, 0.29) is 0 Å². The van der Waals surface area contributed by atoms with Gasteiger partial charge in [0, 0.05) is 6.54 Å². The number of nitrogens with one attached hydrogen (secondary N) is 1. The Morgan fingerprint density at radius 3 is 2.45 bits per heavy atom. The zero-order valence-corrected chi connectivity index (χ0v) is 7.01. The zero-order valence-electron chi connectivity index (χ0n) is 7.01. The van der Waals surface area contributed by atoms with Crippen LogP contribution in [0.2, 0.25) is 0 Å². The molecule has 0 radical (unpaired) electrons. The van der Waals surface area contributed by atoms with Crippen molar-refractivity contribution in [3.63, 3.8) is 0 Å². The van der Waals surface area contributed by atoms with Gasteiger partial charge in [0.25, 0.3) is 0 Å². The van der Waals surface area contributed by atoms with E-state index in [0.29, 0.717) is 12.2 Å². The van der Waals surface area contributed by atoms with E-state index in [1.807, 2.05) is 0 Å². The largest absolute Gasteiger partial charge is 0.374 e. The topological polar surface area (TPSA) is 21.3 Å². The summed E-state index contributed by atoms with van der Waals surface area (Å²) in [7, 11) is 0. The molecule has 1 aliphatic heterocycles. The molecular formula is C9H17NO. The standard InChI is InChI=1S/C9H17NO/c1-2-4-8(3-1)11-9-5-6-10-7-9/h8-10H,1-7H2. The number of ether oxygens (including phenoxy) is 1. The Bertz CT molecular complexity index is 101. The van der Waals surface area contributed by atoms with Crippen LogP contribution < -0.4 is 5.32 Å². The lowest BCUT2D eigenvalue weighted by Gasteiger charge is -2.16. The molecule has 1 heterocycles. The zero-order chi connectivity index (χ0) is 7.52. The first kappa shape index (κ1) is 7.56. The van der Waals surface area contributed by atoms with Gasteiger partial charge in [-0.25, -0.2) is 0 Å². The van der Waals surface area contributed by atoms with E-state index in [9.17, 15) is 0 Å². The molecule has 0 aromatic carbocycles. The van der Waals surface area contributed by atoms with Crippen LogP contribution in [0.4, 0.5) is 0 Å². The van der Waals surface area contributed by atoms with E-state index in [1.165, 1.54) is 32.1 Å². The summed E-state index contributed by atoms with van der Waals surface area (Å²) in [6.45, 7) is 2.23. The second-order valence-electron chi connectivity index (χ2n) is 3.66. The number of hydrogen-bond acceptors (Lipinski definition) is 2. The Kier molecular flexibility index (Phi) is 2.44. The van der Waals surface area contributed by atoms with Crippen LogP contribution in [0.3, 0.4) is 0 Å². The first-order valence-electron chi connectivity index (χ1n) is 4.81. The van der Waals surface area contributed by atoms with Crippen molar-refractivity contribution in [2.45, 2.75) is 44.3 Å². The predicted octanol–water partition coefficient (Wildman–Crippen LogP) is 1.31. The molecule has 2 nitrogen and oxygen atoms in total. The normalized spacial score (nSPS) is 33.3. The fourth-order valence-corrected chi connectivity index (χ4v) is 2.04. The van der Waals surface area contributed by atoms with E-state index in [1.54, 1.807) is 0 Å². The van der Waals surface area contributed by atoms with Crippen LogP contribution in [0.5, 0.6) is 0 Å². The van der Waals surface area contributed by atoms with Gasteiger partial charge in [0.15, 0.2) is 0 Å². The van der Waals surface area contributed by atoms with Crippen molar-refractivity contribution in [2.24, 2.45) is 0 Å². The molecule has 0 spiro atoms. The molecule has 1 unspecified atom stereocenters. The summed E-state index contributed by atoms with van der Waals surface area (Å²) in [4.78, 5) is 0. The summed E-state index contributed by atoms with van der Waals surface area (Å²) in [5, 5.41) is 3.32. The summed E-state index contributed by atoms with van der Waals surface area (Å²) in [6.07, 6.45) is 7.71. The highest BCUT2D eigenvalue weighted by molar-refractivity contribution is 4.75. The highest BCUT2D eigenvalue weighted by atomic mass is 16.5. The fourth-order valence-electron chi connectivity index (χ4n) is 2.04. The van der Waals surface area contributed by atoms with Crippen LogP contribution in [0.1, 0.15) is 32.1 Å². The number of hydrogen-bond donors (Lipinski definition) is 1. The first-order chi connectivity index (χ1) is 5.45. The SMILES string of the molecule is C1CCC(OC2CCNC2)C1. The summed E-state index contributed by atoms with van der Waals surface area (Å²) in [5.74, 6) is 0. The minimum Gasteiger partial charge on any atom is -0.374 e. The van der Waals surface area contributed by atoms with E-state index >= 15 is 0 Å². The van der Waals surface area contributed by atoms with Crippen molar-refractivity contribution in [1.82, 2.24) is 5.32 Å². The molecule has 0 aromatic rings. The summed E-state index contributed by atoms with van der Waals surface area (Å²) >= 11 is 0. The van der Waals surface area contributed by atoms with Crippen LogP contribution in [-0.2, 0) is 4.74 Å². The van der Waals surface area contributed by atoms with E-state index in [2.05, 4.69) is 5.32 Å². The first-order valence-corrected chi connectivity index (χ1v) is 4.81. The van der Waals surface area contributed by atoms with Gasteiger partial charge in [-0.2, -0.15) is 0 Å². The van der Waals surface area contributed by atoms with Gasteiger partial charge in [-0.3, -0.25) is 0 Å². The monoisotopic (exact) mass is 155 g/mol. The molecule has 1 saturated carbocycles. The lowest BCUT2D eigenvalue weighted by atomic mass is 10.2.